The third-order valence-electron chi connectivity index (χ3n) is 12.7. The molecule has 0 aliphatic heterocycles. The molecule has 0 bridgehead atoms. The zero-order valence-electron chi connectivity index (χ0n) is 20.2. The van der Waals surface area contributed by atoms with Gasteiger partial charge in [0.15, 0.2) is 0 Å². The lowest BCUT2D eigenvalue weighted by atomic mass is 9.41. The monoisotopic (exact) mass is 418 g/mol. The minimum Gasteiger partial charge on any atom is -0.396 e. The molecule has 0 radical (unpaired) electrons. The molecule has 2 spiro atoms. The van der Waals surface area contributed by atoms with Crippen LogP contribution in [-0.2, 0) is 0 Å². The maximum atomic E-state index is 11.4. The molecule has 4 heteroatoms. The molecule has 5 aliphatic rings. The fourth-order valence-electron chi connectivity index (χ4n) is 10.7. The molecule has 11 unspecified atom stereocenters. The van der Waals surface area contributed by atoms with E-state index >= 15 is 0 Å². The van der Waals surface area contributed by atoms with Gasteiger partial charge in [-0.3, -0.25) is 0 Å². The standard InChI is InChI=1S/C26H46N2O2/c1-16(28(5)6)21-17(30)13-24(4)19-8-7-18-22(2,15-29)20(27)9-10-25(18)14-26(19,25)12-11-23(21,24)3/h16-21,29-30H,7-15,27H2,1-6H3. The van der Waals surface area contributed by atoms with Crippen LogP contribution >= 0.6 is 0 Å². The first kappa shape index (κ1) is 21.7. The summed E-state index contributed by atoms with van der Waals surface area (Å²) in [5.41, 5.74) is 7.75. The van der Waals surface area contributed by atoms with Crippen LogP contribution in [0, 0.1) is 44.8 Å². The molecule has 5 saturated carbocycles. The van der Waals surface area contributed by atoms with Gasteiger partial charge in [-0.1, -0.05) is 20.8 Å². The van der Waals surface area contributed by atoms with Gasteiger partial charge in [0, 0.05) is 23.4 Å². The number of nitrogens with zero attached hydrogens (tertiary/aromatic N) is 1. The fourth-order valence-corrected chi connectivity index (χ4v) is 10.7. The molecule has 30 heavy (non-hydrogen) atoms. The van der Waals surface area contributed by atoms with Gasteiger partial charge in [0.05, 0.1) is 12.7 Å². The lowest BCUT2D eigenvalue weighted by molar-refractivity contribution is -0.153. The third kappa shape index (κ3) is 2.18. The van der Waals surface area contributed by atoms with Gasteiger partial charge in [-0.15, -0.1) is 0 Å². The molecule has 4 nitrogen and oxygen atoms in total. The largest absolute Gasteiger partial charge is 0.396 e. The van der Waals surface area contributed by atoms with Gasteiger partial charge in [0.2, 0.25) is 0 Å². The Morgan fingerprint density at radius 3 is 2.23 bits per heavy atom. The maximum absolute atomic E-state index is 11.4. The van der Waals surface area contributed by atoms with Crippen LogP contribution < -0.4 is 5.73 Å². The van der Waals surface area contributed by atoms with Crippen molar-refractivity contribution >= 4 is 0 Å². The first-order chi connectivity index (χ1) is 13.9. The summed E-state index contributed by atoms with van der Waals surface area (Å²) in [6, 6.07) is 0.533. The molecule has 0 aromatic heterocycles. The quantitative estimate of drug-likeness (QED) is 0.654. The summed E-state index contributed by atoms with van der Waals surface area (Å²) in [6.45, 7) is 9.91. The molecular weight excluding hydrogens is 372 g/mol. The van der Waals surface area contributed by atoms with E-state index in [4.69, 9.17) is 5.73 Å². The van der Waals surface area contributed by atoms with Crippen LogP contribution in [0.15, 0.2) is 0 Å². The lowest BCUT2D eigenvalue weighted by Gasteiger charge is -2.63. The first-order valence-corrected chi connectivity index (χ1v) is 12.6. The van der Waals surface area contributed by atoms with E-state index in [1.54, 1.807) is 0 Å². The van der Waals surface area contributed by atoms with Crippen molar-refractivity contribution in [2.45, 2.75) is 97.2 Å². The second-order valence-electron chi connectivity index (χ2n) is 13.3. The molecule has 5 rings (SSSR count). The summed E-state index contributed by atoms with van der Waals surface area (Å²) in [5.74, 6) is 1.64. The SMILES string of the molecule is CC(C1C(O)CC2(C)C3CCC4C(C)(CO)C(N)CCC45CC35CCC12C)N(C)C. The van der Waals surface area contributed by atoms with Crippen molar-refractivity contribution in [2.24, 2.45) is 50.6 Å². The van der Waals surface area contributed by atoms with E-state index in [0.29, 0.717) is 34.6 Å². The van der Waals surface area contributed by atoms with E-state index in [1.807, 2.05) is 0 Å². The van der Waals surface area contributed by atoms with Crippen LogP contribution in [0.3, 0.4) is 0 Å². The highest BCUT2D eigenvalue weighted by Gasteiger charge is 2.83. The Morgan fingerprint density at radius 1 is 0.967 bits per heavy atom. The molecule has 0 aromatic rings. The number of hydrogen-bond acceptors (Lipinski definition) is 4. The molecule has 0 aromatic carbocycles. The molecule has 5 aliphatic carbocycles. The van der Waals surface area contributed by atoms with E-state index in [2.05, 4.69) is 46.7 Å². The second kappa shape index (κ2) is 6.24. The average Bonchev–Trinajstić information content (AvgIpc) is 3.30. The number of fused-ring (bicyclic) bond motifs is 2. The second-order valence-corrected chi connectivity index (χ2v) is 13.3. The predicted octanol–water partition coefficient (Wildman–Crippen LogP) is 3.65. The number of hydrogen-bond donors (Lipinski definition) is 3. The molecule has 172 valence electrons. The molecule has 5 fully saturated rings. The summed E-state index contributed by atoms with van der Waals surface area (Å²) in [4.78, 5) is 2.32. The van der Waals surface area contributed by atoms with Crippen molar-refractivity contribution < 1.29 is 10.2 Å². The number of aliphatic hydroxyl groups excluding tert-OH is 2. The van der Waals surface area contributed by atoms with Gasteiger partial charge in [0.1, 0.15) is 0 Å². The van der Waals surface area contributed by atoms with Gasteiger partial charge in [0.25, 0.3) is 0 Å². The smallest absolute Gasteiger partial charge is 0.0594 e. The highest BCUT2D eigenvalue weighted by atomic mass is 16.3. The fraction of sp³-hybridized carbons (Fsp3) is 1.00. The van der Waals surface area contributed by atoms with Crippen LogP contribution in [0.2, 0.25) is 0 Å². The van der Waals surface area contributed by atoms with Crippen LogP contribution in [0.1, 0.15) is 79.1 Å². The Morgan fingerprint density at radius 2 is 1.60 bits per heavy atom. The summed E-state index contributed by atoms with van der Waals surface area (Å²) in [5, 5.41) is 21.8. The van der Waals surface area contributed by atoms with Gasteiger partial charge >= 0.3 is 0 Å². The van der Waals surface area contributed by atoms with Crippen molar-refractivity contribution in [3.63, 3.8) is 0 Å². The molecular formula is C26H46N2O2. The first-order valence-electron chi connectivity index (χ1n) is 12.6. The zero-order chi connectivity index (χ0) is 21.9. The van der Waals surface area contributed by atoms with Crippen LogP contribution in [0.5, 0.6) is 0 Å². The van der Waals surface area contributed by atoms with Gasteiger partial charge in [-0.25, -0.2) is 0 Å². The molecule has 0 heterocycles. The van der Waals surface area contributed by atoms with Crippen molar-refractivity contribution in [3.05, 3.63) is 0 Å². The Bertz CT molecular complexity index is 728. The Labute approximate surface area is 184 Å². The molecule has 11 atom stereocenters. The zero-order valence-corrected chi connectivity index (χ0v) is 20.2. The molecule has 0 saturated heterocycles. The van der Waals surface area contributed by atoms with Crippen molar-refractivity contribution in [3.8, 4) is 0 Å². The predicted molar refractivity (Wildman–Crippen MR) is 121 cm³/mol. The normalized spacial score (nSPS) is 60.4. The topological polar surface area (TPSA) is 69.7 Å². The summed E-state index contributed by atoms with van der Waals surface area (Å²) >= 11 is 0. The lowest BCUT2D eigenvalue weighted by Crippen LogP contribution is -2.60. The summed E-state index contributed by atoms with van der Waals surface area (Å²) in [6.07, 6.45) is 9.50. The van der Waals surface area contributed by atoms with E-state index in [9.17, 15) is 10.2 Å². The van der Waals surface area contributed by atoms with Gasteiger partial charge in [-0.2, -0.15) is 0 Å². The van der Waals surface area contributed by atoms with Gasteiger partial charge in [-0.05, 0) is 106 Å². The molecule has 4 N–H and O–H groups in total. The number of nitrogens with two attached hydrogens (primary N) is 1. The average molecular weight is 419 g/mol. The number of rotatable bonds is 3. The molecule has 0 amide bonds. The van der Waals surface area contributed by atoms with Gasteiger partial charge < -0.3 is 20.8 Å². The Kier molecular flexibility index (Phi) is 4.51. The van der Waals surface area contributed by atoms with Crippen molar-refractivity contribution in [1.29, 1.82) is 0 Å². The number of aliphatic hydroxyl groups is 2. The van der Waals surface area contributed by atoms with Crippen LogP contribution in [0.4, 0.5) is 0 Å². The Balaban J connectivity index is 1.53. The Hall–Kier alpha value is -0.160. The van der Waals surface area contributed by atoms with Crippen LogP contribution in [0.25, 0.3) is 0 Å². The highest BCUT2D eigenvalue weighted by Crippen LogP contribution is 2.88. The minimum atomic E-state index is -0.192. The van der Waals surface area contributed by atoms with E-state index in [0.717, 1.165) is 12.8 Å². The maximum Gasteiger partial charge on any atom is 0.0594 e. The van der Waals surface area contributed by atoms with E-state index in [1.165, 1.54) is 38.5 Å². The van der Waals surface area contributed by atoms with E-state index in [-0.39, 0.29) is 35.0 Å². The van der Waals surface area contributed by atoms with E-state index < -0.39 is 0 Å². The summed E-state index contributed by atoms with van der Waals surface area (Å²) in [7, 11) is 4.34. The summed E-state index contributed by atoms with van der Waals surface area (Å²) < 4.78 is 0. The third-order valence-corrected chi connectivity index (χ3v) is 12.7. The minimum absolute atomic E-state index is 0.120. The van der Waals surface area contributed by atoms with Crippen molar-refractivity contribution in [1.82, 2.24) is 4.90 Å². The van der Waals surface area contributed by atoms with Crippen molar-refractivity contribution in [2.75, 3.05) is 20.7 Å². The van der Waals surface area contributed by atoms with Crippen LogP contribution in [-0.4, -0.2) is 54.0 Å². The highest BCUT2D eigenvalue weighted by molar-refractivity contribution is 5.31.